The Morgan fingerprint density at radius 3 is 2.71 bits per heavy atom. The average molecular weight is 421 g/mol. The van der Waals surface area contributed by atoms with Crippen LogP contribution in [0.3, 0.4) is 0 Å². The van der Waals surface area contributed by atoms with Crippen molar-refractivity contribution in [3.8, 4) is 17.2 Å². The van der Waals surface area contributed by atoms with Gasteiger partial charge in [-0.15, -0.1) is 0 Å². The molecule has 31 heavy (non-hydrogen) atoms. The van der Waals surface area contributed by atoms with E-state index in [-0.39, 0.29) is 5.41 Å². The van der Waals surface area contributed by atoms with Gasteiger partial charge in [0.05, 0.1) is 5.69 Å². The van der Waals surface area contributed by atoms with Crippen molar-refractivity contribution in [2.75, 3.05) is 32.1 Å². The summed E-state index contributed by atoms with van der Waals surface area (Å²) in [7, 11) is 2.30. The number of piperidine rings is 1. The van der Waals surface area contributed by atoms with Crippen LogP contribution < -0.4 is 14.8 Å². The summed E-state index contributed by atoms with van der Waals surface area (Å²) in [6.45, 7) is 4.82. The van der Waals surface area contributed by atoms with E-state index in [0.717, 1.165) is 35.8 Å². The van der Waals surface area contributed by atoms with Gasteiger partial charge in [-0.25, -0.2) is 0 Å². The molecule has 0 amide bonds. The monoisotopic (exact) mass is 420 g/mol. The minimum absolute atomic E-state index is 0.197. The van der Waals surface area contributed by atoms with Crippen molar-refractivity contribution in [1.29, 1.82) is 0 Å². The number of hydrogen-bond donors (Lipinski definition) is 2. The molecule has 2 aromatic carbocycles. The van der Waals surface area contributed by atoms with E-state index in [9.17, 15) is 5.11 Å². The number of phenolic OH excluding ortho intramolecular Hbond substituents is 1. The quantitative estimate of drug-likeness (QED) is 0.671. The smallest absolute Gasteiger partial charge is 0.163 e. The second-order valence-electron chi connectivity index (χ2n) is 10.2. The Labute approximate surface area is 184 Å². The van der Waals surface area contributed by atoms with E-state index < -0.39 is 0 Å². The summed E-state index contributed by atoms with van der Waals surface area (Å²) in [4.78, 5) is 2.59. The maximum atomic E-state index is 11.1. The molecule has 6 rings (SSSR count). The number of aromatic hydroxyl groups is 1. The van der Waals surface area contributed by atoms with E-state index in [1.807, 2.05) is 18.2 Å². The van der Waals surface area contributed by atoms with E-state index in [1.54, 1.807) is 0 Å². The largest absolute Gasteiger partial charge is 0.506 e. The van der Waals surface area contributed by atoms with Crippen LogP contribution in [0.5, 0.6) is 17.2 Å². The van der Waals surface area contributed by atoms with Gasteiger partial charge in [0, 0.05) is 23.2 Å². The van der Waals surface area contributed by atoms with Crippen LogP contribution in [0.1, 0.15) is 50.2 Å². The number of likely N-dealkylation sites (tertiary alicyclic amines) is 1. The lowest BCUT2D eigenvalue weighted by Gasteiger charge is -2.65. The van der Waals surface area contributed by atoms with Gasteiger partial charge in [0.25, 0.3) is 0 Å². The second kappa shape index (κ2) is 6.80. The van der Waals surface area contributed by atoms with Crippen LogP contribution in [0.2, 0.25) is 0 Å². The molecule has 0 radical (unpaired) electrons. The molecule has 1 saturated carbocycles. The van der Waals surface area contributed by atoms with Crippen LogP contribution in [0, 0.1) is 5.41 Å². The lowest BCUT2D eigenvalue weighted by Crippen LogP contribution is -2.66. The summed E-state index contributed by atoms with van der Waals surface area (Å²) in [5.74, 6) is 1.87. The highest BCUT2D eigenvalue weighted by Gasteiger charge is 2.60. The van der Waals surface area contributed by atoms with Gasteiger partial charge < -0.3 is 24.8 Å². The van der Waals surface area contributed by atoms with Crippen molar-refractivity contribution in [3.05, 3.63) is 41.5 Å². The summed E-state index contributed by atoms with van der Waals surface area (Å²) < 4.78 is 11.4. The van der Waals surface area contributed by atoms with Gasteiger partial charge in [-0.2, -0.15) is 0 Å². The van der Waals surface area contributed by atoms with Crippen LogP contribution in [-0.4, -0.2) is 42.9 Å². The molecule has 2 N–H and O–H groups in total. The normalized spacial score (nSPS) is 31.5. The van der Waals surface area contributed by atoms with Crippen LogP contribution in [0.25, 0.3) is 0 Å². The third kappa shape index (κ3) is 2.72. The molecule has 2 fully saturated rings. The molecule has 3 atom stereocenters. The Balaban J connectivity index is 1.40. The molecule has 5 heteroatoms. The first-order valence-corrected chi connectivity index (χ1v) is 11.7. The first-order chi connectivity index (χ1) is 15.0. The first-order valence-electron chi connectivity index (χ1n) is 11.7. The first kappa shape index (κ1) is 19.3. The molecule has 4 aliphatic rings. The van der Waals surface area contributed by atoms with Crippen molar-refractivity contribution in [2.24, 2.45) is 5.41 Å². The molecule has 2 aliphatic heterocycles. The van der Waals surface area contributed by atoms with Crippen LogP contribution in [0.4, 0.5) is 11.4 Å². The molecule has 0 aromatic heterocycles. The number of likely N-dealkylation sites (N-methyl/N-ethyl adjacent to an activating group) is 1. The van der Waals surface area contributed by atoms with Gasteiger partial charge in [-0.1, -0.05) is 19.8 Å². The van der Waals surface area contributed by atoms with E-state index in [4.69, 9.17) is 9.47 Å². The minimum Gasteiger partial charge on any atom is -0.506 e. The van der Waals surface area contributed by atoms with Gasteiger partial charge in [0.15, 0.2) is 11.5 Å². The fourth-order valence-corrected chi connectivity index (χ4v) is 7.14. The van der Waals surface area contributed by atoms with E-state index in [0.29, 0.717) is 30.4 Å². The average Bonchev–Trinajstić information content (AvgIpc) is 2.77. The molecule has 2 aliphatic carbocycles. The van der Waals surface area contributed by atoms with E-state index >= 15 is 0 Å². The minimum atomic E-state index is 0.197. The van der Waals surface area contributed by atoms with E-state index in [1.165, 1.54) is 43.2 Å². The highest BCUT2D eigenvalue weighted by atomic mass is 16.6. The number of nitrogens with one attached hydrogen (secondary N) is 1. The van der Waals surface area contributed by atoms with E-state index in [2.05, 4.69) is 36.3 Å². The number of benzene rings is 2. The van der Waals surface area contributed by atoms with Crippen LogP contribution in [0.15, 0.2) is 30.3 Å². The SMILES string of the molecule is CN1CC[C@@]23CCCC[C@]2(C)[C@@H]1Cc1cc(Nc2ccc4c(c2)OCCO4)c(O)cc13. The molecule has 164 valence electrons. The Morgan fingerprint density at radius 1 is 1.03 bits per heavy atom. The highest BCUT2D eigenvalue weighted by Crippen LogP contribution is 2.63. The Hall–Kier alpha value is -2.40. The summed E-state index contributed by atoms with van der Waals surface area (Å²) in [5.41, 5.74) is 4.96. The predicted octanol–water partition coefficient (Wildman–Crippen LogP) is 4.99. The Morgan fingerprint density at radius 2 is 1.84 bits per heavy atom. The predicted molar refractivity (Wildman–Crippen MR) is 122 cm³/mol. The zero-order valence-corrected chi connectivity index (χ0v) is 18.5. The number of anilines is 2. The lowest BCUT2D eigenvalue weighted by atomic mass is 9.45. The van der Waals surface area contributed by atoms with Crippen molar-refractivity contribution in [1.82, 2.24) is 4.90 Å². The molecule has 2 heterocycles. The Kier molecular flexibility index (Phi) is 4.23. The fraction of sp³-hybridized carbons (Fsp3) is 0.538. The molecular weight excluding hydrogens is 388 g/mol. The summed E-state index contributed by atoms with van der Waals surface area (Å²) in [5, 5.41) is 14.5. The maximum Gasteiger partial charge on any atom is 0.163 e. The fourth-order valence-electron chi connectivity index (χ4n) is 7.14. The Bertz CT molecular complexity index is 1040. The molecular formula is C26H32N2O3. The molecule has 2 bridgehead atoms. The van der Waals surface area contributed by atoms with Crippen molar-refractivity contribution in [3.63, 3.8) is 0 Å². The number of hydrogen-bond acceptors (Lipinski definition) is 5. The van der Waals surface area contributed by atoms with Crippen molar-refractivity contribution < 1.29 is 14.6 Å². The number of ether oxygens (including phenoxy) is 2. The molecule has 1 saturated heterocycles. The third-order valence-electron chi connectivity index (χ3n) is 8.77. The van der Waals surface area contributed by atoms with Gasteiger partial charge in [-0.3, -0.25) is 0 Å². The number of phenols is 1. The highest BCUT2D eigenvalue weighted by molar-refractivity contribution is 5.71. The molecule has 0 spiro atoms. The van der Waals surface area contributed by atoms with Crippen LogP contribution in [-0.2, 0) is 11.8 Å². The van der Waals surface area contributed by atoms with Crippen molar-refractivity contribution in [2.45, 2.75) is 56.9 Å². The maximum absolute atomic E-state index is 11.1. The number of nitrogens with zero attached hydrogens (tertiary/aromatic N) is 1. The zero-order valence-electron chi connectivity index (χ0n) is 18.5. The summed E-state index contributed by atoms with van der Waals surface area (Å²) in [6.07, 6.45) is 7.41. The van der Waals surface area contributed by atoms with Gasteiger partial charge in [0.2, 0.25) is 0 Å². The van der Waals surface area contributed by atoms with Gasteiger partial charge >= 0.3 is 0 Å². The van der Waals surface area contributed by atoms with Crippen LogP contribution >= 0.6 is 0 Å². The summed E-state index contributed by atoms with van der Waals surface area (Å²) in [6, 6.07) is 10.7. The third-order valence-corrected chi connectivity index (χ3v) is 8.77. The van der Waals surface area contributed by atoms with Crippen molar-refractivity contribution >= 4 is 11.4 Å². The van der Waals surface area contributed by atoms with Gasteiger partial charge in [0.1, 0.15) is 19.0 Å². The topological polar surface area (TPSA) is 54.0 Å². The zero-order chi connectivity index (χ0) is 21.2. The standard InChI is InChI=1S/C26H32N2O3/c1-25-7-3-4-8-26(25)9-10-28(2)24(25)14-17-13-20(21(29)16-19(17)26)27-18-5-6-22-23(15-18)31-12-11-30-22/h5-6,13,15-16,24,27,29H,3-4,7-12,14H2,1-2H3/t24-,25+,26+/m0/s1. The number of fused-ring (bicyclic) bond motifs is 2. The van der Waals surface area contributed by atoms with Gasteiger partial charge in [-0.05, 0) is 80.1 Å². The number of rotatable bonds is 2. The summed E-state index contributed by atoms with van der Waals surface area (Å²) >= 11 is 0. The second-order valence-corrected chi connectivity index (χ2v) is 10.2. The lowest BCUT2D eigenvalue weighted by molar-refractivity contribution is -0.0735. The molecule has 5 nitrogen and oxygen atoms in total. The molecule has 0 unspecified atom stereocenters. The molecule has 2 aromatic rings.